The maximum absolute atomic E-state index is 5.74. The average Bonchev–Trinajstić information content (AvgIpc) is 2.48. The molecule has 0 aliphatic rings. The Kier molecular flexibility index (Phi) is 3.22. The summed E-state index contributed by atoms with van der Waals surface area (Å²) in [6.07, 6.45) is 0. The van der Waals surface area contributed by atoms with Gasteiger partial charge in [0.1, 0.15) is 0 Å². The van der Waals surface area contributed by atoms with E-state index in [0.717, 1.165) is 0 Å². The van der Waals surface area contributed by atoms with Crippen LogP contribution in [0.5, 0.6) is 0 Å². The Morgan fingerprint density at radius 3 is 2.69 bits per heavy atom. The molecule has 0 aliphatic carbocycles. The molecule has 0 aliphatic heterocycles. The molecule has 0 unspecified atom stereocenters. The van der Waals surface area contributed by atoms with Crippen LogP contribution in [0.25, 0.3) is 0 Å². The maximum atomic E-state index is 5.74. The predicted molar refractivity (Wildman–Crippen MR) is 50.4 cm³/mol. The minimum Gasteiger partial charge on any atom is -0.303 e. The quantitative estimate of drug-likeness (QED) is 0.717. The molecule has 0 radical (unpaired) electrons. The second-order valence-corrected chi connectivity index (χ2v) is 3.83. The van der Waals surface area contributed by atoms with Crippen molar-refractivity contribution >= 4 is 11.6 Å². The molecule has 5 nitrogen and oxygen atoms in total. The van der Waals surface area contributed by atoms with Crippen molar-refractivity contribution in [3.8, 4) is 0 Å². The number of aromatic nitrogens is 4. The van der Waals surface area contributed by atoms with E-state index in [0.29, 0.717) is 18.2 Å². The van der Waals surface area contributed by atoms with E-state index >= 15 is 0 Å². The minimum absolute atomic E-state index is 0.0965. The predicted octanol–water partition coefficient (Wildman–Crippen LogP) is 0.317. The molecule has 1 N–H and O–H groups in total. The molecule has 1 aromatic rings. The van der Waals surface area contributed by atoms with Crippen LogP contribution in [0.3, 0.4) is 0 Å². The molecule has 0 amide bonds. The van der Waals surface area contributed by atoms with Gasteiger partial charge in [-0.3, -0.25) is 0 Å². The van der Waals surface area contributed by atoms with Crippen molar-refractivity contribution in [2.45, 2.75) is 25.9 Å². The van der Waals surface area contributed by atoms with E-state index in [4.69, 9.17) is 11.6 Å². The summed E-state index contributed by atoms with van der Waals surface area (Å²) in [4.78, 5) is 1.44. The highest BCUT2D eigenvalue weighted by Crippen LogP contribution is 2.04. The minimum atomic E-state index is -0.0965. The second kappa shape index (κ2) is 4.02. The maximum Gasteiger partial charge on any atom is 0.188 e. The number of nitrogens with zero attached hydrogens (tertiary/aromatic N) is 4. The van der Waals surface area contributed by atoms with Gasteiger partial charge in [-0.15, -0.1) is 21.8 Å². The molecule has 6 heteroatoms. The normalized spacial score (nSPS) is 12.0. The number of halogens is 1. The molecule has 0 bridgehead atoms. The fraction of sp³-hybridized carbons (Fsp3) is 0.857. The van der Waals surface area contributed by atoms with Crippen LogP contribution in [0.2, 0.25) is 0 Å². The van der Waals surface area contributed by atoms with Crippen molar-refractivity contribution in [3.63, 3.8) is 0 Å². The molecule has 1 aromatic heterocycles. The fourth-order valence-corrected chi connectivity index (χ4v) is 0.854. The first-order valence-corrected chi connectivity index (χ1v) is 4.61. The molecular formula is C7H14ClN5. The summed E-state index contributed by atoms with van der Waals surface area (Å²) in [5, 5.41) is 14.8. The van der Waals surface area contributed by atoms with Crippen LogP contribution in [0, 0.1) is 0 Å². The summed E-state index contributed by atoms with van der Waals surface area (Å²) in [6.45, 7) is 4.64. The molecule has 13 heavy (non-hydrogen) atoms. The van der Waals surface area contributed by atoms with Gasteiger partial charge >= 0.3 is 0 Å². The lowest BCUT2D eigenvalue weighted by atomic mass is 10.1. The molecule has 0 fully saturated rings. The molecule has 0 aromatic carbocycles. The molecular weight excluding hydrogens is 190 g/mol. The standard InChI is InChI=1S/C7H14ClN5/c1-7(2,5-8)9-4-6-10-12-13(3)11-6/h9H,4-5H2,1-3H3. The fourth-order valence-electron chi connectivity index (χ4n) is 0.760. The summed E-state index contributed by atoms with van der Waals surface area (Å²) in [7, 11) is 1.74. The van der Waals surface area contributed by atoms with Gasteiger partial charge in [-0.25, -0.2) is 0 Å². The number of nitrogens with one attached hydrogen (secondary N) is 1. The number of tetrazole rings is 1. The molecule has 1 rings (SSSR count). The van der Waals surface area contributed by atoms with Gasteiger partial charge in [0.2, 0.25) is 0 Å². The molecule has 0 saturated heterocycles. The third-order valence-corrected chi connectivity index (χ3v) is 2.28. The van der Waals surface area contributed by atoms with Crippen molar-refractivity contribution in [1.29, 1.82) is 0 Å². The first-order valence-electron chi connectivity index (χ1n) is 4.07. The Labute approximate surface area is 82.5 Å². The lowest BCUT2D eigenvalue weighted by Crippen LogP contribution is -2.40. The molecule has 0 atom stereocenters. The van der Waals surface area contributed by atoms with Crippen LogP contribution in [0.15, 0.2) is 0 Å². The van der Waals surface area contributed by atoms with Gasteiger partial charge in [0, 0.05) is 11.4 Å². The van der Waals surface area contributed by atoms with Gasteiger partial charge in [0.15, 0.2) is 5.82 Å². The van der Waals surface area contributed by atoms with Crippen LogP contribution in [-0.2, 0) is 13.6 Å². The first kappa shape index (κ1) is 10.4. The zero-order valence-electron chi connectivity index (χ0n) is 8.08. The summed E-state index contributed by atoms with van der Waals surface area (Å²) in [5.41, 5.74) is -0.0965. The second-order valence-electron chi connectivity index (χ2n) is 3.57. The van der Waals surface area contributed by atoms with E-state index in [9.17, 15) is 0 Å². The van der Waals surface area contributed by atoms with Gasteiger partial charge in [0.25, 0.3) is 0 Å². The summed E-state index contributed by atoms with van der Waals surface area (Å²) >= 11 is 5.74. The topological polar surface area (TPSA) is 55.6 Å². The van der Waals surface area contributed by atoms with Gasteiger partial charge < -0.3 is 5.32 Å². The van der Waals surface area contributed by atoms with Gasteiger partial charge in [-0.1, -0.05) is 0 Å². The Hall–Kier alpha value is -0.680. The molecule has 0 spiro atoms. The van der Waals surface area contributed by atoms with Gasteiger partial charge in [-0.05, 0) is 19.1 Å². The summed E-state index contributed by atoms with van der Waals surface area (Å²) in [6, 6.07) is 0. The molecule has 0 saturated carbocycles. The van der Waals surface area contributed by atoms with E-state index < -0.39 is 0 Å². The highest BCUT2D eigenvalue weighted by Gasteiger charge is 2.15. The Balaban J connectivity index is 2.43. The van der Waals surface area contributed by atoms with E-state index in [1.165, 1.54) is 4.80 Å². The zero-order chi connectivity index (χ0) is 9.90. The first-order chi connectivity index (χ1) is 6.03. The Morgan fingerprint density at radius 1 is 1.54 bits per heavy atom. The lowest BCUT2D eigenvalue weighted by molar-refractivity contribution is 0.422. The number of aryl methyl sites for hydroxylation is 1. The van der Waals surface area contributed by atoms with Crippen LogP contribution < -0.4 is 5.32 Å². The monoisotopic (exact) mass is 203 g/mol. The van der Waals surface area contributed by atoms with Crippen LogP contribution in [0.4, 0.5) is 0 Å². The van der Waals surface area contributed by atoms with Crippen LogP contribution in [-0.4, -0.2) is 31.6 Å². The van der Waals surface area contributed by atoms with Gasteiger partial charge in [0.05, 0.1) is 13.6 Å². The highest BCUT2D eigenvalue weighted by atomic mass is 35.5. The largest absolute Gasteiger partial charge is 0.303 e. The lowest BCUT2D eigenvalue weighted by Gasteiger charge is -2.21. The Bertz CT molecular complexity index is 270. The van der Waals surface area contributed by atoms with Crippen LogP contribution >= 0.6 is 11.6 Å². The van der Waals surface area contributed by atoms with Crippen molar-refractivity contribution in [2.24, 2.45) is 7.05 Å². The summed E-state index contributed by atoms with van der Waals surface area (Å²) < 4.78 is 0. The van der Waals surface area contributed by atoms with E-state index in [1.807, 2.05) is 13.8 Å². The third kappa shape index (κ3) is 3.28. The number of alkyl halides is 1. The van der Waals surface area contributed by atoms with Crippen molar-refractivity contribution in [2.75, 3.05) is 5.88 Å². The SMILES string of the molecule is Cn1nnc(CNC(C)(C)CCl)n1. The van der Waals surface area contributed by atoms with Crippen molar-refractivity contribution in [1.82, 2.24) is 25.5 Å². The van der Waals surface area contributed by atoms with Crippen LogP contribution in [0.1, 0.15) is 19.7 Å². The number of hydrogen-bond acceptors (Lipinski definition) is 4. The van der Waals surface area contributed by atoms with E-state index in [2.05, 4.69) is 20.7 Å². The summed E-state index contributed by atoms with van der Waals surface area (Å²) in [5.74, 6) is 1.23. The highest BCUT2D eigenvalue weighted by molar-refractivity contribution is 6.18. The van der Waals surface area contributed by atoms with E-state index in [1.54, 1.807) is 7.05 Å². The van der Waals surface area contributed by atoms with Gasteiger partial charge in [-0.2, -0.15) is 4.80 Å². The smallest absolute Gasteiger partial charge is 0.188 e. The number of hydrogen-bond donors (Lipinski definition) is 1. The number of rotatable bonds is 4. The van der Waals surface area contributed by atoms with E-state index in [-0.39, 0.29) is 5.54 Å². The third-order valence-electron chi connectivity index (χ3n) is 1.61. The molecule has 1 heterocycles. The van der Waals surface area contributed by atoms with Crippen molar-refractivity contribution < 1.29 is 0 Å². The average molecular weight is 204 g/mol. The van der Waals surface area contributed by atoms with Crippen molar-refractivity contribution in [3.05, 3.63) is 5.82 Å². The molecule has 74 valence electrons. The zero-order valence-corrected chi connectivity index (χ0v) is 8.84. The Morgan fingerprint density at radius 2 is 2.23 bits per heavy atom.